The van der Waals surface area contributed by atoms with E-state index in [9.17, 15) is 0 Å². The van der Waals surface area contributed by atoms with Crippen LogP contribution >= 0.6 is 0 Å². The lowest BCUT2D eigenvalue weighted by Gasteiger charge is -1.91. The summed E-state index contributed by atoms with van der Waals surface area (Å²) in [6.07, 6.45) is 2.78. The summed E-state index contributed by atoms with van der Waals surface area (Å²) in [7, 11) is 0. The second-order valence-electron chi connectivity index (χ2n) is 3.76. The molecule has 1 aliphatic carbocycles. The lowest BCUT2D eigenvalue weighted by molar-refractivity contribution is 0.610. The van der Waals surface area contributed by atoms with E-state index in [1.807, 2.05) is 18.2 Å². The molecule has 68 valence electrons. The zero-order valence-corrected chi connectivity index (χ0v) is 7.60. The first-order valence-electron chi connectivity index (χ1n) is 4.76. The van der Waals surface area contributed by atoms with Gasteiger partial charge in [-0.1, -0.05) is 18.2 Å². The number of benzene rings is 1. The molecule has 0 bridgehead atoms. The van der Waals surface area contributed by atoms with E-state index >= 15 is 0 Å². The molecule has 2 atom stereocenters. The van der Waals surface area contributed by atoms with Gasteiger partial charge < -0.3 is 4.42 Å². The van der Waals surface area contributed by atoms with Crippen LogP contribution in [0.2, 0.25) is 0 Å². The Labute approximate surface area is 81.8 Å². The summed E-state index contributed by atoms with van der Waals surface area (Å²) in [5.41, 5.74) is 2.12. The number of nitrogens with zero attached hydrogens (tertiary/aromatic N) is 1. The number of furan rings is 1. The van der Waals surface area contributed by atoms with Gasteiger partial charge in [-0.2, -0.15) is 5.26 Å². The van der Waals surface area contributed by atoms with Gasteiger partial charge in [0.1, 0.15) is 5.58 Å². The van der Waals surface area contributed by atoms with Crippen molar-refractivity contribution >= 4 is 11.0 Å². The molecule has 0 spiro atoms. The van der Waals surface area contributed by atoms with Gasteiger partial charge in [0.05, 0.1) is 18.3 Å². The van der Waals surface area contributed by atoms with E-state index in [4.69, 9.17) is 9.68 Å². The molecule has 0 radical (unpaired) electrons. The van der Waals surface area contributed by atoms with Crippen molar-refractivity contribution < 1.29 is 4.42 Å². The van der Waals surface area contributed by atoms with E-state index in [0.29, 0.717) is 5.92 Å². The zero-order valence-electron chi connectivity index (χ0n) is 7.60. The lowest BCUT2D eigenvalue weighted by atomic mass is 10.1. The highest BCUT2D eigenvalue weighted by molar-refractivity contribution is 5.82. The molecule has 2 aromatic rings. The Balaban J connectivity index is 2.11. The van der Waals surface area contributed by atoms with Crippen molar-refractivity contribution in [2.45, 2.75) is 12.3 Å². The Morgan fingerprint density at radius 3 is 3.00 bits per heavy atom. The summed E-state index contributed by atoms with van der Waals surface area (Å²) in [6.45, 7) is 0. The van der Waals surface area contributed by atoms with Gasteiger partial charge in [-0.05, 0) is 12.5 Å². The van der Waals surface area contributed by atoms with Crippen LogP contribution in [0.25, 0.3) is 11.0 Å². The first kappa shape index (κ1) is 7.64. The van der Waals surface area contributed by atoms with Crippen LogP contribution in [0, 0.1) is 17.2 Å². The van der Waals surface area contributed by atoms with Gasteiger partial charge in [0, 0.05) is 16.9 Å². The maximum Gasteiger partial charge on any atom is 0.134 e. The van der Waals surface area contributed by atoms with Gasteiger partial charge >= 0.3 is 0 Å². The minimum atomic E-state index is 0.205. The summed E-state index contributed by atoms with van der Waals surface area (Å²) >= 11 is 0. The third-order valence-electron chi connectivity index (χ3n) is 2.87. The molecular formula is C12H9NO. The minimum Gasteiger partial charge on any atom is -0.464 e. The number of hydrogen-bond donors (Lipinski definition) is 0. The van der Waals surface area contributed by atoms with Crippen molar-refractivity contribution in [1.82, 2.24) is 0 Å². The first-order valence-corrected chi connectivity index (χ1v) is 4.76. The molecule has 2 nitrogen and oxygen atoms in total. The fraction of sp³-hybridized carbons (Fsp3) is 0.250. The molecule has 0 aliphatic heterocycles. The van der Waals surface area contributed by atoms with Crippen molar-refractivity contribution in [1.29, 1.82) is 5.26 Å². The van der Waals surface area contributed by atoms with Crippen molar-refractivity contribution in [3.63, 3.8) is 0 Å². The number of fused-ring (bicyclic) bond motifs is 1. The van der Waals surface area contributed by atoms with Gasteiger partial charge in [-0.3, -0.25) is 0 Å². The SMILES string of the molecule is N#CC1CC1c1coc2ccccc12. The Morgan fingerprint density at radius 1 is 1.36 bits per heavy atom. The highest BCUT2D eigenvalue weighted by atomic mass is 16.3. The average molecular weight is 183 g/mol. The molecule has 0 amide bonds. The molecule has 3 rings (SSSR count). The fourth-order valence-corrected chi connectivity index (χ4v) is 1.97. The average Bonchev–Trinajstić information content (AvgIpc) is 2.90. The molecule has 1 aromatic carbocycles. The zero-order chi connectivity index (χ0) is 9.54. The molecule has 1 heterocycles. The highest BCUT2D eigenvalue weighted by Gasteiger charge is 2.40. The van der Waals surface area contributed by atoms with Crippen LogP contribution < -0.4 is 0 Å². The normalized spacial score (nSPS) is 24.8. The Morgan fingerprint density at radius 2 is 2.21 bits per heavy atom. The van der Waals surface area contributed by atoms with Gasteiger partial charge in [0.15, 0.2) is 0 Å². The topological polar surface area (TPSA) is 36.9 Å². The van der Waals surface area contributed by atoms with Crippen LogP contribution in [-0.4, -0.2) is 0 Å². The van der Waals surface area contributed by atoms with Crippen LogP contribution in [0.4, 0.5) is 0 Å². The first-order chi connectivity index (χ1) is 6.90. The largest absolute Gasteiger partial charge is 0.464 e. The minimum absolute atomic E-state index is 0.205. The molecule has 14 heavy (non-hydrogen) atoms. The van der Waals surface area contributed by atoms with Crippen LogP contribution in [-0.2, 0) is 0 Å². The molecule has 0 saturated heterocycles. The molecule has 1 fully saturated rings. The molecule has 1 saturated carbocycles. The predicted molar refractivity (Wildman–Crippen MR) is 52.7 cm³/mol. The van der Waals surface area contributed by atoms with Crippen LogP contribution in [0.15, 0.2) is 34.9 Å². The van der Waals surface area contributed by atoms with E-state index in [1.165, 1.54) is 5.56 Å². The smallest absolute Gasteiger partial charge is 0.134 e. The van der Waals surface area contributed by atoms with Gasteiger partial charge in [0.25, 0.3) is 0 Å². The van der Waals surface area contributed by atoms with E-state index in [2.05, 4.69) is 12.1 Å². The molecule has 1 aromatic heterocycles. The maximum absolute atomic E-state index is 8.77. The number of hydrogen-bond acceptors (Lipinski definition) is 2. The van der Waals surface area contributed by atoms with Crippen molar-refractivity contribution in [3.05, 3.63) is 36.1 Å². The standard InChI is InChI=1S/C12H9NO/c13-6-8-5-10(8)11-7-14-12-4-2-1-3-9(11)12/h1-4,7-8,10H,5H2. The Kier molecular flexibility index (Phi) is 1.43. The van der Waals surface area contributed by atoms with E-state index in [1.54, 1.807) is 6.26 Å². The second-order valence-corrected chi connectivity index (χ2v) is 3.76. The maximum atomic E-state index is 8.77. The fourth-order valence-electron chi connectivity index (χ4n) is 1.97. The van der Waals surface area contributed by atoms with Crippen molar-refractivity contribution in [2.75, 3.05) is 0 Å². The number of nitriles is 1. The van der Waals surface area contributed by atoms with Gasteiger partial charge in [-0.25, -0.2) is 0 Å². The monoisotopic (exact) mass is 183 g/mol. The summed E-state index contributed by atoms with van der Waals surface area (Å²) in [4.78, 5) is 0. The summed E-state index contributed by atoms with van der Waals surface area (Å²) in [5.74, 6) is 0.611. The molecular weight excluding hydrogens is 174 g/mol. The summed E-state index contributed by atoms with van der Waals surface area (Å²) in [6, 6.07) is 10.3. The Bertz CT molecular complexity index is 520. The number of para-hydroxylation sites is 1. The van der Waals surface area contributed by atoms with Crippen molar-refractivity contribution in [2.24, 2.45) is 5.92 Å². The van der Waals surface area contributed by atoms with E-state index in [0.717, 1.165) is 17.4 Å². The molecule has 0 N–H and O–H groups in total. The van der Waals surface area contributed by atoms with E-state index in [-0.39, 0.29) is 5.92 Å². The highest BCUT2D eigenvalue weighted by Crippen LogP contribution is 2.49. The third kappa shape index (κ3) is 0.958. The van der Waals surface area contributed by atoms with Gasteiger partial charge in [0.2, 0.25) is 0 Å². The van der Waals surface area contributed by atoms with Gasteiger partial charge in [-0.15, -0.1) is 0 Å². The van der Waals surface area contributed by atoms with Crippen LogP contribution in [0.5, 0.6) is 0 Å². The quantitative estimate of drug-likeness (QED) is 0.681. The molecule has 2 heteroatoms. The van der Waals surface area contributed by atoms with Crippen LogP contribution in [0.3, 0.4) is 0 Å². The van der Waals surface area contributed by atoms with Crippen molar-refractivity contribution in [3.8, 4) is 6.07 Å². The van der Waals surface area contributed by atoms with Crippen LogP contribution in [0.1, 0.15) is 17.9 Å². The number of rotatable bonds is 1. The second kappa shape index (κ2) is 2.62. The molecule has 2 unspecified atom stereocenters. The summed E-state index contributed by atoms with van der Waals surface area (Å²) in [5, 5.41) is 9.93. The summed E-state index contributed by atoms with van der Waals surface area (Å²) < 4.78 is 5.43. The third-order valence-corrected chi connectivity index (χ3v) is 2.87. The lowest BCUT2D eigenvalue weighted by Crippen LogP contribution is -1.77. The van der Waals surface area contributed by atoms with E-state index < -0.39 is 0 Å². The molecule has 1 aliphatic rings. The Hall–Kier alpha value is -1.75. The predicted octanol–water partition coefficient (Wildman–Crippen LogP) is 3.06.